The van der Waals surface area contributed by atoms with Crippen molar-refractivity contribution >= 4 is 23.6 Å². The molecule has 0 spiro atoms. The van der Waals surface area contributed by atoms with E-state index in [0.29, 0.717) is 13.1 Å². The Labute approximate surface area is 397 Å². The lowest BCUT2D eigenvalue weighted by Crippen LogP contribution is -2.48. The molecule has 10 rings (SSSR count). The Kier molecular flexibility index (Phi) is 13.0. The van der Waals surface area contributed by atoms with Gasteiger partial charge in [-0.1, -0.05) is 109 Å². The third kappa shape index (κ3) is 9.22. The molecule has 4 N–H and O–H groups in total. The Morgan fingerprint density at radius 1 is 0.500 bits per heavy atom. The van der Waals surface area contributed by atoms with Crippen molar-refractivity contribution in [2.45, 2.75) is 87.6 Å². The number of hydrogen-bond donors (Lipinski definition) is 4. The number of aromatic amines is 2. The number of nitrogens with zero attached hydrogens (tertiary/aromatic N) is 6. The Hall–Kier alpha value is -6.90. The third-order valence-electron chi connectivity index (χ3n) is 14.6. The number of benzene rings is 4. The van der Waals surface area contributed by atoms with Crippen molar-refractivity contribution in [2.75, 3.05) is 40.3 Å². The number of H-pyrrole nitrogens is 2. The summed E-state index contributed by atoms with van der Waals surface area (Å²) >= 11 is 0. The van der Waals surface area contributed by atoms with Crippen LogP contribution in [-0.4, -0.2) is 116 Å². The third-order valence-corrected chi connectivity index (χ3v) is 14.6. The maximum atomic E-state index is 14.4. The fourth-order valence-electron chi connectivity index (χ4n) is 10.8. The second kappa shape index (κ2) is 19.7. The molecular weight excluding hydrogens is 853 g/mol. The molecule has 6 aromatic rings. The maximum Gasteiger partial charge on any atom is 0.250 e. The van der Waals surface area contributed by atoms with Gasteiger partial charge in [-0.2, -0.15) is 0 Å². The molecule has 0 saturated carbocycles. The summed E-state index contributed by atoms with van der Waals surface area (Å²) in [5.74, 6) is 1.01. The Morgan fingerprint density at radius 3 is 1.24 bits per heavy atom. The predicted octanol–water partition coefficient (Wildman–Crippen LogP) is 7.36. The van der Waals surface area contributed by atoms with E-state index in [0.717, 1.165) is 121 Å². The summed E-state index contributed by atoms with van der Waals surface area (Å²) in [5.41, 5.74) is 7.38. The second-order valence-electron chi connectivity index (χ2n) is 18.9. The molecule has 14 heteroatoms. The number of carbonyl (C=O) groups excluding carboxylic acids is 4. The van der Waals surface area contributed by atoms with Gasteiger partial charge in [0.2, 0.25) is 23.6 Å². The molecule has 4 aliphatic rings. The van der Waals surface area contributed by atoms with Crippen LogP contribution in [0.4, 0.5) is 0 Å². The van der Waals surface area contributed by atoms with Gasteiger partial charge in [-0.25, -0.2) is 9.97 Å². The van der Waals surface area contributed by atoms with Gasteiger partial charge in [0.15, 0.2) is 0 Å². The molecule has 4 saturated heterocycles. The van der Waals surface area contributed by atoms with E-state index in [9.17, 15) is 19.2 Å². The highest BCUT2D eigenvalue weighted by atomic mass is 16.2. The van der Waals surface area contributed by atoms with E-state index in [-0.39, 0.29) is 47.8 Å². The first-order valence-electron chi connectivity index (χ1n) is 24.2. The van der Waals surface area contributed by atoms with Crippen molar-refractivity contribution in [1.29, 1.82) is 0 Å². The second-order valence-corrected chi connectivity index (χ2v) is 18.9. The van der Waals surface area contributed by atoms with Crippen molar-refractivity contribution in [3.8, 4) is 33.6 Å². The minimum atomic E-state index is -0.781. The van der Waals surface area contributed by atoms with Gasteiger partial charge in [0.25, 0.3) is 0 Å². The van der Waals surface area contributed by atoms with Gasteiger partial charge >= 0.3 is 0 Å². The minimum absolute atomic E-state index is 0.110. The average molecular weight is 913 g/mol. The molecule has 4 amide bonds. The van der Waals surface area contributed by atoms with Crippen molar-refractivity contribution in [3.05, 3.63) is 144 Å². The number of carbonyl (C=O) groups is 4. The summed E-state index contributed by atoms with van der Waals surface area (Å²) in [6.07, 6.45) is 10.4. The summed E-state index contributed by atoms with van der Waals surface area (Å²) in [6.45, 7) is 2.92. The standard InChI is InChI=1S/C54H60N10O4/c1-61-29-9-19-45(61)51(65)59-47(39-13-5-3-6-14-39)53(67)63-31-11-17-43(63)49-55-33-41(57-49)37-25-21-35(22-26-37)36-23-27-38(28-24-36)42-34-56-50(58-42)44-18-12-32-64(44)54(68)48(40-15-7-4-8-16-40)60-52(66)46-20-10-30-62(46)2/h3-8,13-16,21-28,33-34,43-48H,9-12,17-20,29-32H2,1-2H3,(H,55,57)(H,56,58)(H,59,65)(H,60,66)/t43-,44-,45-,46-,47+,48+/m0/s1. The number of rotatable bonds is 13. The van der Waals surface area contributed by atoms with Crippen molar-refractivity contribution < 1.29 is 19.2 Å². The molecule has 14 nitrogen and oxygen atoms in total. The van der Waals surface area contributed by atoms with Crippen LogP contribution in [0.5, 0.6) is 0 Å². The molecule has 6 atom stereocenters. The van der Waals surface area contributed by atoms with Crippen LogP contribution >= 0.6 is 0 Å². The first-order chi connectivity index (χ1) is 33.2. The van der Waals surface area contributed by atoms with Crippen LogP contribution < -0.4 is 10.6 Å². The molecule has 2 aromatic heterocycles. The van der Waals surface area contributed by atoms with E-state index in [4.69, 9.17) is 9.97 Å². The number of nitrogens with one attached hydrogen (secondary N) is 4. The number of likely N-dealkylation sites (N-methyl/N-ethyl adjacent to an activating group) is 2. The first-order valence-corrected chi connectivity index (χ1v) is 24.2. The SMILES string of the molecule is CN1CCC[C@H]1C(=O)N[C@@H](C(=O)N1CCC[C@H]1c1ncc(-c2ccc(-c3ccc(-c4cnc([C@@H]5CCCN5C(=O)[C@H](NC(=O)[C@@H]5CCCN5C)c5ccccc5)[nH]4)cc3)cc2)[nH]1)c1ccccc1. The van der Waals surface area contributed by atoms with E-state index in [1.54, 1.807) is 0 Å². The zero-order valence-electron chi connectivity index (χ0n) is 38.8. The monoisotopic (exact) mass is 912 g/mol. The van der Waals surface area contributed by atoms with Crippen LogP contribution in [-0.2, 0) is 19.2 Å². The Morgan fingerprint density at radius 2 is 0.868 bits per heavy atom. The van der Waals surface area contributed by atoms with E-state index < -0.39 is 12.1 Å². The maximum absolute atomic E-state index is 14.4. The summed E-state index contributed by atoms with van der Waals surface area (Å²) < 4.78 is 0. The smallest absolute Gasteiger partial charge is 0.250 e. The van der Waals surface area contributed by atoms with Gasteiger partial charge in [-0.15, -0.1) is 0 Å². The molecule has 4 aliphatic heterocycles. The summed E-state index contributed by atoms with van der Waals surface area (Å²) in [7, 11) is 3.93. The molecule has 68 heavy (non-hydrogen) atoms. The average Bonchev–Trinajstić information content (AvgIpc) is 4.24. The summed E-state index contributed by atoms with van der Waals surface area (Å²) in [6, 6.07) is 33.3. The van der Waals surface area contributed by atoms with E-state index in [1.807, 2.05) is 97.0 Å². The van der Waals surface area contributed by atoms with Crippen LogP contribution in [0, 0.1) is 0 Å². The van der Waals surface area contributed by atoms with Gasteiger partial charge in [-0.05, 0) is 112 Å². The Bertz CT molecular complexity index is 2530. The minimum Gasteiger partial charge on any atom is -0.340 e. The van der Waals surface area contributed by atoms with Gasteiger partial charge < -0.3 is 30.4 Å². The normalized spacial score (nSPS) is 21.8. The van der Waals surface area contributed by atoms with Crippen LogP contribution in [0.25, 0.3) is 33.6 Å². The molecule has 350 valence electrons. The summed E-state index contributed by atoms with van der Waals surface area (Å²) in [4.78, 5) is 80.1. The molecule has 0 radical (unpaired) electrons. The number of aromatic nitrogens is 4. The van der Waals surface area contributed by atoms with Gasteiger partial charge in [0.1, 0.15) is 23.7 Å². The quantitative estimate of drug-likeness (QED) is 0.0935. The zero-order valence-corrected chi connectivity index (χ0v) is 38.8. The number of imidazole rings is 2. The molecule has 0 bridgehead atoms. The van der Waals surface area contributed by atoms with Gasteiger partial charge in [-0.3, -0.25) is 29.0 Å². The zero-order chi connectivity index (χ0) is 46.7. The largest absolute Gasteiger partial charge is 0.340 e. The fraction of sp³-hybridized carbons (Fsp3) is 0.370. The first kappa shape index (κ1) is 44.9. The van der Waals surface area contributed by atoms with Crippen LogP contribution in [0.2, 0.25) is 0 Å². The van der Waals surface area contributed by atoms with E-state index >= 15 is 0 Å². The van der Waals surface area contributed by atoms with Crippen LogP contribution in [0.3, 0.4) is 0 Å². The van der Waals surface area contributed by atoms with Crippen molar-refractivity contribution in [2.24, 2.45) is 0 Å². The molecule has 0 aliphatic carbocycles. The molecule has 4 aromatic carbocycles. The van der Waals surface area contributed by atoms with E-state index in [1.165, 1.54) is 0 Å². The van der Waals surface area contributed by atoms with E-state index in [2.05, 4.69) is 78.9 Å². The van der Waals surface area contributed by atoms with Gasteiger partial charge in [0, 0.05) is 13.1 Å². The summed E-state index contributed by atoms with van der Waals surface area (Å²) in [5, 5.41) is 6.24. The fourth-order valence-corrected chi connectivity index (χ4v) is 10.8. The molecular formula is C54H60N10O4. The molecule has 4 fully saturated rings. The number of amides is 4. The Balaban J connectivity index is 0.793. The van der Waals surface area contributed by atoms with Crippen LogP contribution in [0.15, 0.2) is 122 Å². The van der Waals surface area contributed by atoms with Gasteiger partial charge in [0.05, 0.1) is 47.9 Å². The number of likely N-dealkylation sites (tertiary alicyclic amines) is 4. The number of hydrogen-bond acceptors (Lipinski definition) is 8. The highest BCUT2D eigenvalue weighted by molar-refractivity contribution is 5.92. The topological polar surface area (TPSA) is 163 Å². The molecule has 6 heterocycles. The van der Waals surface area contributed by atoms with Crippen molar-refractivity contribution in [3.63, 3.8) is 0 Å². The lowest BCUT2D eigenvalue weighted by atomic mass is 10.0. The highest BCUT2D eigenvalue weighted by Gasteiger charge is 2.40. The van der Waals surface area contributed by atoms with Crippen molar-refractivity contribution in [1.82, 2.24) is 50.2 Å². The highest BCUT2D eigenvalue weighted by Crippen LogP contribution is 2.37. The molecule has 0 unspecified atom stereocenters. The lowest BCUT2D eigenvalue weighted by molar-refractivity contribution is -0.138. The lowest BCUT2D eigenvalue weighted by Gasteiger charge is -2.30. The van der Waals surface area contributed by atoms with Crippen LogP contribution in [0.1, 0.15) is 98.3 Å². The predicted molar refractivity (Wildman–Crippen MR) is 260 cm³/mol.